The molecule has 0 aliphatic rings. The number of nitrogens with two attached hydrogens (primary N) is 1. The summed E-state index contributed by atoms with van der Waals surface area (Å²) in [5, 5.41) is 8.70. The van der Waals surface area contributed by atoms with Crippen molar-refractivity contribution in [2.45, 2.75) is 25.7 Å². The van der Waals surface area contributed by atoms with Crippen LogP contribution in [0.15, 0.2) is 5.11 Å². The molecule has 0 aliphatic heterocycles. The maximum atomic E-state index is 11.3. The molecule has 0 aromatic carbocycles. The van der Waals surface area contributed by atoms with Crippen molar-refractivity contribution in [1.29, 1.82) is 0 Å². The van der Waals surface area contributed by atoms with Gasteiger partial charge in [-0.1, -0.05) is 5.11 Å². The molecule has 0 heterocycles. The van der Waals surface area contributed by atoms with E-state index in [2.05, 4.69) is 20.7 Å². The Morgan fingerprint density at radius 2 is 1.78 bits per heavy atom. The Kier molecular flexibility index (Phi) is 10.5. The molecule has 0 radical (unpaired) electrons. The molecule has 0 aromatic heterocycles. The summed E-state index contributed by atoms with van der Waals surface area (Å²) < 4.78 is 0. The highest BCUT2D eigenvalue weighted by Gasteiger charge is 2.02. The van der Waals surface area contributed by atoms with Gasteiger partial charge in [0.25, 0.3) is 0 Å². The fourth-order valence-corrected chi connectivity index (χ4v) is 1.20. The van der Waals surface area contributed by atoms with Gasteiger partial charge < -0.3 is 16.4 Å². The van der Waals surface area contributed by atoms with Crippen LogP contribution in [-0.4, -0.2) is 38.0 Å². The maximum Gasteiger partial charge on any atom is 0.221 e. The Bertz CT molecular complexity index is 301. The number of nitrogens with zero attached hydrogens (tertiary/aromatic N) is 3. The lowest BCUT2D eigenvalue weighted by Gasteiger charge is -2.05. The molecule has 0 unspecified atom stereocenters. The van der Waals surface area contributed by atoms with E-state index in [1.54, 1.807) is 0 Å². The molecule has 102 valence electrons. The molecule has 4 N–H and O–H groups in total. The number of hydrogen-bond donors (Lipinski definition) is 3. The molecule has 0 bridgehead atoms. The predicted molar refractivity (Wildman–Crippen MR) is 67.6 cm³/mol. The zero-order valence-corrected chi connectivity index (χ0v) is 10.4. The van der Waals surface area contributed by atoms with Crippen LogP contribution in [0.2, 0.25) is 0 Å². The van der Waals surface area contributed by atoms with Crippen LogP contribution in [-0.2, 0) is 9.59 Å². The number of rotatable bonds is 10. The summed E-state index contributed by atoms with van der Waals surface area (Å²) in [4.78, 5) is 25.0. The zero-order chi connectivity index (χ0) is 13.6. The number of carbonyl (C=O) groups is 2. The molecule has 0 spiro atoms. The Morgan fingerprint density at radius 1 is 1.11 bits per heavy atom. The second kappa shape index (κ2) is 11.7. The molecule has 18 heavy (non-hydrogen) atoms. The lowest BCUT2D eigenvalue weighted by molar-refractivity contribution is -0.122. The highest BCUT2D eigenvalue weighted by Crippen LogP contribution is 1.88. The topological polar surface area (TPSA) is 133 Å². The van der Waals surface area contributed by atoms with Crippen molar-refractivity contribution < 1.29 is 9.59 Å². The van der Waals surface area contributed by atoms with Gasteiger partial charge in [0.15, 0.2) is 0 Å². The standard InChI is InChI=1S/C10H20N6O2/c11-5-3-9(17)14-8-4-10(18)13-6-1-2-7-15-16-12/h1-8,11H2,(H,13,18)(H,14,17). The van der Waals surface area contributed by atoms with Crippen LogP contribution in [0.4, 0.5) is 0 Å². The highest BCUT2D eigenvalue weighted by atomic mass is 16.2. The van der Waals surface area contributed by atoms with Crippen LogP contribution in [0.1, 0.15) is 25.7 Å². The van der Waals surface area contributed by atoms with Crippen LogP contribution in [0.25, 0.3) is 10.4 Å². The summed E-state index contributed by atoms with van der Waals surface area (Å²) >= 11 is 0. The van der Waals surface area contributed by atoms with E-state index in [9.17, 15) is 9.59 Å². The minimum Gasteiger partial charge on any atom is -0.356 e. The first-order valence-electron chi connectivity index (χ1n) is 5.95. The van der Waals surface area contributed by atoms with E-state index in [4.69, 9.17) is 11.3 Å². The quantitative estimate of drug-likeness (QED) is 0.220. The number of amides is 2. The molecule has 0 aromatic rings. The number of carbonyl (C=O) groups excluding carboxylic acids is 2. The van der Waals surface area contributed by atoms with E-state index in [-0.39, 0.29) is 24.7 Å². The highest BCUT2D eigenvalue weighted by molar-refractivity contribution is 5.78. The van der Waals surface area contributed by atoms with Crippen molar-refractivity contribution >= 4 is 11.8 Å². The van der Waals surface area contributed by atoms with Crippen LogP contribution in [0.5, 0.6) is 0 Å². The fraction of sp³-hybridized carbons (Fsp3) is 0.800. The Hall–Kier alpha value is -1.79. The molecule has 0 fully saturated rings. The third kappa shape index (κ3) is 10.7. The first-order chi connectivity index (χ1) is 8.70. The zero-order valence-electron chi connectivity index (χ0n) is 10.4. The lowest BCUT2D eigenvalue weighted by atomic mass is 10.3. The van der Waals surface area contributed by atoms with Gasteiger partial charge in [0.2, 0.25) is 11.8 Å². The molecule has 8 nitrogen and oxygen atoms in total. The lowest BCUT2D eigenvalue weighted by Crippen LogP contribution is -2.31. The fourth-order valence-electron chi connectivity index (χ4n) is 1.20. The minimum atomic E-state index is -0.139. The first kappa shape index (κ1) is 16.2. The summed E-state index contributed by atoms with van der Waals surface area (Å²) in [6, 6.07) is 0. The number of unbranched alkanes of at least 4 members (excludes halogenated alkanes) is 1. The van der Waals surface area contributed by atoms with Gasteiger partial charge in [0.1, 0.15) is 0 Å². The smallest absolute Gasteiger partial charge is 0.221 e. The molecular weight excluding hydrogens is 236 g/mol. The number of nitrogens with one attached hydrogen (secondary N) is 2. The Labute approximate surface area is 106 Å². The van der Waals surface area contributed by atoms with E-state index in [1.807, 2.05) is 0 Å². The van der Waals surface area contributed by atoms with E-state index >= 15 is 0 Å². The number of hydrogen-bond acceptors (Lipinski definition) is 4. The molecule has 2 amide bonds. The van der Waals surface area contributed by atoms with Crippen molar-refractivity contribution in [3.63, 3.8) is 0 Å². The van der Waals surface area contributed by atoms with Crippen molar-refractivity contribution in [2.24, 2.45) is 10.8 Å². The summed E-state index contributed by atoms with van der Waals surface area (Å²) in [6.07, 6.45) is 2.05. The third-order valence-corrected chi connectivity index (χ3v) is 2.12. The van der Waals surface area contributed by atoms with Crippen molar-refractivity contribution in [1.82, 2.24) is 10.6 Å². The first-order valence-corrected chi connectivity index (χ1v) is 5.95. The van der Waals surface area contributed by atoms with Crippen molar-refractivity contribution in [3.05, 3.63) is 10.4 Å². The van der Waals surface area contributed by atoms with Crippen LogP contribution >= 0.6 is 0 Å². The van der Waals surface area contributed by atoms with Gasteiger partial charge in [-0.25, -0.2) is 0 Å². The second-order valence-corrected chi connectivity index (χ2v) is 3.65. The molecule has 0 aliphatic carbocycles. The van der Waals surface area contributed by atoms with Gasteiger partial charge in [-0.3, -0.25) is 9.59 Å². The van der Waals surface area contributed by atoms with Gasteiger partial charge in [0.05, 0.1) is 0 Å². The van der Waals surface area contributed by atoms with Gasteiger partial charge in [-0.2, -0.15) is 0 Å². The molecule has 0 saturated carbocycles. The number of azide groups is 1. The third-order valence-electron chi connectivity index (χ3n) is 2.12. The summed E-state index contributed by atoms with van der Waals surface area (Å²) in [6.45, 7) is 1.63. The van der Waals surface area contributed by atoms with Gasteiger partial charge in [0, 0.05) is 43.9 Å². The van der Waals surface area contributed by atoms with E-state index in [0.717, 1.165) is 12.8 Å². The minimum absolute atomic E-state index is 0.105. The summed E-state index contributed by atoms with van der Waals surface area (Å²) in [5.41, 5.74) is 13.2. The molecule has 0 saturated heterocycles. The average Bonchev–Trinajstić information content (AvgIpc) is 2.34. The van der Waals surface area contributed by atoms with E-state index in [1.165, 1.54) is 0 Å². The van der Waals surface area contributed by atoms with Crippen LogP contribution in [0.3, 0.4) is 0 Å². The van der Waals surface area contributed by atoms with Gasteiger partial charge in [-0.05, 0) is 18.4 Å². The second-order valence-electron chi connectivity index (χ2n) is 3.65. The average molecular weight is 256 g/mol. The largest absolute Gasteiger partial charge is 0.356 e. The van der Waals surface area contributed by atoms with Crippen molar-refractivity contribution in [2.75, 3.05) is 26.2 Å². The van der Waals surface area contributed by atoms with Crippen LogP contribution in [0, 0.1) is 0 Å². The SMILES string of the molecule is [N-]=[N+]=NCCCCNC(=O)CCNC(=O)CCN. The van der Waals surface area contributed by atoms with Crippen molar-refractivity contribution in [3.8, 4) is 0 Å². The molecule has 8 heteroatoms. The van der Waals surface area contributed by atoms with E-state index < -0.39 is 0 Å². The van der Waals surface area contributed by atoms with E-state index in [0.29, 0.717) is 26.2 Å². The predicted octanol–water partition coefficient (Wildman–Crippen LogP) is 0.0482. The molecular formula is C10H20N6O2. The normalized spacial score (nSPS) is 9.39. The van der Waals surface area contributed by atoms with Gasteiger partial charge >= 0.3 is 0 Å². The maximum absolute atomic E-state index is 11.3. The Morgan fingerprint density at radius 3 is 2.44 bits per heavy atom. The van der Waals surface area contributed by atoms with Gasteiger partial charge in [-0.15, -0.1) is 0 Å². The molecule has 0 atom stereocenters. The summed E-state index contributed by atoms with van der Waals surface area (Å²) in [7, 11) is 0. The summed E-state index contributed by atoms with van der Waals surface area (Å²) in [5.74, 6) is -0.244. The monoisotopic (exact) mass is 256 g/mol. The van der Waals surface area contributed by atoms with Crippen LogP contribution < -0.4 is 16.4 Å². The molecule has 0 rings (SSSR count). The Balaban J connectivity index is 3.37.